The van der Waals surface area contributed by atoms with Crippen LogP contribution in [0.3, 0.4) is 0 Å². The Morgan fingerprint density at radius 1 is 1.12 bits per heavy atom. The van der Waals surface area contributed by atoms with E-state index < -0.39 is 8.60 Å². The third-order valence-electron chi connectivity index (χ3n) is 4.68. The summed E-state index contributed by atoms with van der Waals surface area (Å²) >= 11 is 0. The van der Waals surface area contributed by atoms with E-state index in [1.807, 2.05) is 42.5 Å². The molecule has 11 heteroatoms. The van der Waals surface area contributed by atoms with Crippen molar-refractivity contribution in [2.75, 3.05) is 12.8 Å². The molecule has 4 aromatic rings. The molecule has 0 aliphatic carbocycles. The summed E-state index contributed by atoms with van der Waals surface area (Å²) in [7, 11) is -0.584. The molecular formula is C22H23N5O5P+. The van der Waals surface area contributed by atoms with Gasteiger partial charge in [-0.3, -0.25) is 15.2 Å². The summed E-state index contributed by atoms with van der Waals surface area (Å²) in [5.41, 5.74) is 9.44. The van der Waals surface area contributed by atoms with Crippen LogP contribution < -0.4 is 15.0 Å². The van der Waals surface area contributed by atoms with Crippen LogP contribution in [0.5, 0.6) is 5.88 Å². The average Bonchev–Trinajstić information content (AvgIpc) is 3.31. The van der Waals surface area contributed by atoms with Crippen molar-refractivity contribution in [3.63, 3.8) is 0 Å². The van der Waals surface area contributed by atoms with E-state index in [1.54, 1.807) is 29.2 Å². The Kier molecular flexibility index (Phi) is 7.54. The second-order valence-electron chi connectivity index (χ2n) is 6.93. The number of hydrogen-bond donors (Lipinski definition) is 2. The van der Waals surface area contributed by atoms with Crippen molar-refractivity contribution in [1.82, 2.24) is 15.1 Å². The first kappa shape index (κ1) is 22.8. The van der Waals surface area contributed by atoms with Gasteiger partial charge in [0, 0.05) is 38.1 Å². The Bertz CT molecular complexity index is 1170. The molecule has 0 fully saturated rings. The summed E-state index contributed by atoms with van der Waals surface area (Å²) in [4.78, 5) is 18.0. The molecule has 0 bridgehead atoms. The Labute approximate surface area is 191 Å². The molecule has 0 aliphatic rings. The highest BCUT2D eigenvalue weighted by molar-refractivity contribution is 7.40. The maximum atomic E-state index is 9.46. The highest BCUT2D eigenvalue weighted by Crippen LogP contribution is 2.31. The predicted molar refractivity (Wildman–Crippen MR) is 119 cm³/mol. The van der Waals surface area contributed by atoms with E-state index in [2.05, 4.69) is 15.1 Å². The van der Waals surface area contributed by atoms with Crippen molar-refractivity contribution in [3.8, 4) is 17.2 Å². The monoisotopic (exact) mass is 468 g/mol. The molecule has 170 valence electrons. The Morgan fingerprint density at radius 2 is 2.03 bits per heavy atom. The standard InChI is InChI=1S/C22H22N5O5P/c1-29-33(28)31-15-27-10-4-6-19(22(27)23)20-12-18(26-32-20)11-16-7-8-21(25-13-16)30-14-17-5-2-3-9-24-17/h2-10,12-13,23,28H,11,14-15H2,1H3/p+1. The van der Waals surface area contributed by atoms with E-state index >= 15 is 0 Å². The molecule has 33 heavy (non-hydrogen) atoms. The second kappa shape index (κ2) is 10.9. The molecule has 4 aromatic heterocycles. The van der Waals surface area contributed by atoms with E-state index in [9.17, 15) is 4.89 Å². The van der Waals surface area contributed by atoms with Crippen LogP contribution >= 0.6 is 8.60 Å². The summed E-state index contributed by atoms with van der Waals surface area (Å²) < 4.78 is 22.7. The number of anilines is 1. The third kappa shape index (κ3) is 6.09. The van der Waals surface area contributed by atoms with Gasteiger partial charge in [-0.2, -0.15) is 0 Å². The lowest BCUT2D eigenvalue weighted by Crippen LogP contribution is -2.37. The highest BCUT2D eigenvalue weighted by Gasteiger charge is 2.18. The van der Waals surface area contributed by atoms with E-state index in [0.717, 1.165) is 17.0 Å². The van der Waals surface area contributed by atoms with Gasteiger partial charge < -0.3 is 18.7 Å². The zero-order chi connectivity index (χ0) is 23.0. The van der Waals surface area contributed by atoms with Gasteiger partial charge in [-0.25, -0.2) is 9.55 Å². The average molecular weight is 468 g/mol. The van der Waals surface area contributed by atoms with Gasteiger partial charge in [-0.15, -0.1) is 0 Å². The molecule has 0 saturated heterocycles. The number of nitrogen functional groups attached to an aromatic ring is 1. The molecule has 4 heterocycles. The molecule has 0 amide bonds. The van der Waals surface area contributed by atoms with Gasteiger partial charge >= 0.3 is 8.60 Å². The molecule has 10 nitrogen and oxygen atoms in total. The number of hydrogen-bond acceptors (Lipinski definition) is 9. The fourth-order valence-electron chi connectivity index (χ4n) is 3.01. The number of nitrogens with zero attached hydrogens (tertiary/aromatic N) is 4. The van der Waals surface area contributed by atoms with E-state index in [4.69, 9.17) is 24.0 Å². The summed E-state index contributed by atoms with van der Waals surface area (Å²) in [6.45, 7) is 0.395. The van der Waals surface area contributed by atoms with Gasteiger partial charge in [-0.1, -0.05) is 17.3 Å². The van der Waals surface area contributed by atoms with Gasteiger partial charge in [0.25, 0.3) is 5.82 Å². The van der Waals surface area contributed by atoms with Crippen molar-refractivity contribution in [1.29, 1.82) is 0 Å². The third-order valence-corrected chi connectivity index (χ3v) is 5.33. The van der Waals surface area contributed by atoms with Crippen molar-refractivity contribution in [3.05, 3.63) is 84.1 Å². The summed E-state index contributed by atoms with van der Waals surface area (Å²) in [5.74, 6) is 1.46. The quantitative estimate of drug-likeness (QED) is 0.266. The minimum Gasteiger partial charge on any atom is -0.471 e. The summed E-state index contributed by atoms with van der Waals surface area (Å²) in [5, 5.41) is 4.15. The molecule has 1 unspecified atom stereocenters. The Balaban J connectivity index is 1.39. The summed E-state index contributed by atoms with van der Waals surface area (Å²) in [6, 6.07) is 14.9. The minimum atomic E-state index is -1.95. The second-order valence-corrected chi connectivity index (χ2v) is 8.03. The van der Waals surface area contributed by atoms with Crippen molar-refractivity contribution in [2.45, 2.75) is 19.8 Å². The van der Waals surface area contributed by atoms with Gasteiger partial charge in [-0.05, 0) is 29.8 Å². The fraction of sp³-hybridized carbons (Fsp3) is 0.182. The predicted octanol–water partition coefficient (Wildman–Crippen LogP) is 3.01. The normalized spacial score (nSPS) is 11.9. The molecule has 0 aliphatic heterocycles. The number of rotatable bonds is 10. The Hall–Kier alpha value is -3.43. The smallest absolute Gasteiger partial charge is 0.332 e. The van der Waals surface area contributed by atoms with Gasteiger partial charge in [0.15, 0.2) is 12.5 Å². The largest absolute Gasteiger partial charge is 0.471 e. The number of pyridine rings is 3. The van der Waals surface area contributed by atoms with Crippen molar-refractivity contribution < 1.29 is 27.8 Å². The van der Waals surface area contributed by atoms with Crippen LogP contribution in [-0.4, -0.2) is 27.1 Å². The SMILES string of the molecule is COP(O)OC[n+]1cccc(-c2cc(Cc3ccc(OCc4ccccn4)nc3)no2)c1N. The maximum Gasteiger partial charge on any atom is 0.332 e. The molecule has 0 spiro atoms. The fourth-order valence-corrected chi connectivity index (χ4v) is 3.34. The maximum absolute atomic E-state index is 9.46. The molecule has 0 radical (unpaired) electrons. The van der Waals surface area contributed by atoms with E-state index in [1.165, 1.54) is 7.11 Å². The van der Waals surface area contributed by atoms with E-state index in [0.29, 0.717) is 36.0 Å². The van der Waals surface area contributed by atoms with Crippen LogP contribution in [0.15, 0.2) is 71.6 Å². The van der Waals surface area contributed by atoms with Crippen LogP contribution in [0, 0.1) is 0 Å². The molecule has 1 atom stereocenters. The van der Waals surface area contributed by atoms with Crippen LogP contribution in [0.4, 0.5) is 5.82 Å². The van der Waals surface area contributed by atoms with Crippen LogP contribution in [-0.2, 0) is 28.8 Å². The zero-order valence-electron chi connectivity index (χ0n) is 17.9. The number of aromatic nitrogens is 4. The van der Waals surface area contributed by atoms with Crippen LogP contribution in [0.1, 0.15) is 17.0 Å². The molecule has 0 saturated carbocycles. The Morgan fingerprint density at radius 3 is 2.79 bits per heavy atom. The summed E-state index contributed by atoms with van der Waals surface area (Å²) in [6.07, 6.45) is 5.74. The molecule has 4 rings (SSSR count). The van der Waals surface area contributed by atoms with E-state index in [-0.39, 0.29) is 6.73 Å². The van der Waals surface area contributed by atoms with Crippen LogP contribution in [0.2, 0.25) is 0 Å². The molecule has 0 aromatic carbocycles. The minimum absolute atomic E-state index is 0.0388. The lowest BCUT2D eigenvalue weighted by atomic mass is 10.1. The molecular weight excluding hydrogens is 445 g/mol. The zero-order valence-corrected chi connectivity index (χ0v) is 18.8. The van der Waals surface area contributed by atoms with Gasteiger partial charge in [0.05, 0.1) is 17.6 Å². The first-order chi connectivity index (χ1) is 16.1. The highest BCUT2D eigenvalue weighted by atomic mass is 31.2. The number of ether oxygens (including phenoxy) is 1. The lowest BCUT2D eigenvalue weighted by molar-refractivity contribution is -0.711. The van der Waals surface area contributed by atoms with Gasteiger partial charge in [0.1, 0.15) is 12.2 Å². The first-order valence-electron chi connectivity index (χ1n) is 10.00. The number of nitrogens with two attached hydrogens (primary N) is 1. The van der Waals surface area contributed by atoms with Crippen molar-refractivity contribution in [2.24, 2.45) is 0 Å². The van der Waals surface area contributed by atoms with Crippen molar-refractivity contribution >= 4 is 14.4 Å². The molecule has 3 N–H and O–H groups in total. The van der Waals surface area contributed by atoms with Crippen LogP contribution in [0.25, 0.3) is 11.3 Å². The lowest BCUT2D eigenvalue weighted by Gasteiger charge is -2.08. The van der Waals surface area contributed by atoms with Gasteiger partial charge in [0.2, 0.25) is 5.88 Å². The topological polar surface area (TPSA) is 130 Å². The first-order valence-corrected chi connectivity index (χ1v) is 11.1.